The van der Waals surface area contributed by atoms with E-state index in [0.717, 1.165) is 5.82 Å². The van der Waals surface area contributed by atoms with E-state index >= 15 is 0 Å². The Kier molecular flexibility index (Phi) is 6.20. The van der Waals surface area contributed by atoms with E-state index in [1.807, 2.05) is 13.8 Å². The molecule has 0 atom stereocenters. The first kappa shape index (κ1) is 17.5. The average Bonchev–Trinajstić information content (AvgIpc) is 2.54. The van der Waals surface area contributed by atoms with Crippen LogP contribution in [0.4, 0.5) is 14.6 Å². The molecule has 2 rings (SSSR count). The first-order valence-electron chi connectivity index (χ1n) is 7.78. The number of nitrogens with zero attached hydrogens (tertiary/aromatic N) is 5. The standard InChI is InChI=1S/C15H23F2N5O/c1-12(2)22(10-13(16)17)11-15(23)21-7-5-20(6-8-21)14-9-18-3-4-19-14/h3-4,9,12-13H,5-8,10-11H2,1-2H3. The van der Waals surface area contributed by atoms with E-state index in [1.54, 1.807) is 23.5 Å². The van der Waals surface area contributed by atoms with Crippen LogP contribution in [0.2, 0.25) is 0 Å². The number of hydrogen-bond acceptors (Lipinski definition) is 5. The number of hydrogen-bond donors (Lipinski definition) is 0. The molecule has 0 aliphatic carbocycles. The predicted octanol–water partition coefficient (Wildman–Crippen LogP) is 1.10. The number of amides is 1. The second kappa shape index (κ2) is 8.14. The first-order valence-corrected chi connectivity index (χ1v) is 7.78. The van der Waals surface area contributed by atoms with Crippen molar-refractivity contribution in [1.29, 1.82) is 0 Å². The molecule has 1 aromatic rings. The monoisotopic (exact) mass is 327 g/mol. The maximum atomic E-state index is 12.6. The maximum absolute atomic E-state index is 12.6. The van der Waals surface area contributed by atoms with Gasteiger partial charge in [0, 0.05) is 44.6 Å². The number of anilines is 1. The van der Waals surface area contributed by atoms with Crippen molar-refractivity contribution in [2.24, 2.45) is 0 Å². The van der Waals surface area contributed by atoms with E-state index < -0.39 is 6.43 Å². The van der Waals surface area contributed by atoms with Crippen LogP contribution in [0, 0.1) is 0 Å². The summed E-state index contributed by atoms with van der Waals surface area (Å²) in [6.45, 7) is 5.77. The molecule has 6 nitrogen and oxygen atoms in total. The molecule has 1 fully saturated rings. The minimum Gasteiger partial charge on any atom is -0.352 e. The van der Waals surface area contributed by atoms with Gasteiger partial charge >= 0.3 is 0 Å². The van der Waals surface area contributed by atoms with Gasteiger partial charge in [0.05, 0.1) is 19.3 Å². The summed E-state index contributed by atoms with van der Waals surface area (Å²) in [5, 5.41) is 0. The van der Waals surface area contributed by atoms with Gasteiger partial charge in [-0.05, 0) is 13.8 Å². The lowest BCUT2D eigenvalue weighted by atomic mass is 10.2. The maximum Gasteiger partial charge on any atom is 0.251 e. The van der Waals surface area contributed by atoms with E-state index in [9.17, 15) is 13.6 Å². The molecule has 1 aromatic heterocycles. The van der Waals surface area contributed by atoms with E-state index in [-0.39, 0.29) is 25.0 Å². The van der Waals surface area contributed by atoms with Crippen LogP contribution >= 0.6 is 0 Å². The lowest BCUT2D eigenvalue weighted by Gasteiger charge is -2.36. The van der Waals surface area contributed by atoms with Crippen LogP contribution in [-0.2, 0) is 4.79 Å². The van der Waals surface area contributed by atoms with E-state index in [4.69, 9.17) is 0 Å². The van der Waals surface area contributed by atoms with Crippen LogP contribution in [0.25, 0.3) is 0 Å². The molecule has 128 valence electrons. The molecule has 0 N–H and O–H groups in total. The Morgan fingerprint density at radius 3 is 2.48 bits per heavy atom. The second-order valence-corrected chi connectivity index (χ2v) is 5.85. The van der Waals surface area contributed by atoms with Gasteiger partial charge in [-0.1, -0.05) is 0 Å². The second-order valence-electron chi connectivity index (χ2n) is 5.85. The lowest BCUT2D eigenvalue weighted by Crippen LogP contribution is -2.52. The highest BCUT2D eigenvalue weighted by Gasteiger charge is 2.25. The number of piperazine rings is 1. The van der Waals surface area contributed by atoms with Gasteiger partial charge in [0.25, 0.3) is 6.43 Å². The molecule has 0 spiro atoms. The quantitative estimate of drug-likeness (QED) is 0.783. The van der Waals surface area contributed by atoms with Crippen molar-refractivity contribution in [3.05, 3.63) is 18.6 Å². The van der Waals surface area contributed by atoms with Crippen molar-refractivity contribution < 1.29 is 13.6 Å². The highest BCUT2D eigenvalue weighted by molar-refractivity contribution is 5.78. The van der Waals surface area contributed by atoms with E-state index in [1.165, 1.54) is 4.90 Å². The summed E-state index contributed by atoms with van der Waals surface area (Å²) < 4.78 is 25.2. The van der Waals surface area contributed by atoms with Gasteiger partial charge in [0.2, 0.25) is 5.91 Å². The smallest absolute Gasteiger partial charge is 0.251 e. The third-order valence-corrected chi connectivity index (χ3v) is 3.95. The van der Waals surface area contributed by atoms with Crippen LogP contribution in [0.5, 0.6) is 0 Å². The predicted molar refractivity (Wildman–Crippen MR) is 83.5 cm³/mol. The summed E-state index contributed by atoms with van der Waals surface area (Å²) in [4.78, 5) is 25.9. The van der Waals surface area contributed by atoms with Gasteiger partial charge in [-0.25, -0.2) is 13.8 Å². The summed E-state index contributed by atoms with van der Waals surface area (Å²) in [7, 11) is 0. The zero-order valence-corrected chi connectivity index (χ0v) is 13.5. The molecule has 23 heavy (non-hydrogen) atoms. The van der Waals surface area contributed by atoms with Gasteiger partial charge < -0.3 is 9.80 Å². The van der Waals surface area contributed by atoms with Crippen molar-refractivity contribution in [2.75, 3.05) is 44.2 Å². The lowest BCUT2D eigenvalue weighted by molar-refractivity contribution is -0.133. The Labute approximate surface area is 135 Å². The third-order valence-electron chi connectivity index (χ3n) is 3.95. The van der Waals surface area contributed by atoms with Crippen LogP contribution in [0.1, 0.15) is 13.8 Å². The highest BCUT2D eigenvalue weighted by Crippen LogP contribution is 2.12. The summed E-state index contributed by atoms with van der Waals surface area (Å²) in [6.07, 6.45) is 2.52. The van der Waals surface area contributed by atoms with Gasteiger partial charge in [0.1, 0.15) is 5.82 Å². The SMILES string of the molecule is CC(C)N(CC(=O)N1CCN(c2cnccn2)CC1)CC(F)F. The molecular weight excluding hydrogens is 304 g/mol. The molecule has 0 saturated carbocycles. The summed E-state index contributed by atoms with van der Waals surface area (Å²) in [6, 6.07) is -0.0890. The zero-order valence-electron chi connectivity index (χ0n) is 13.5. The molecule has 1 aliphatic heterocycles. The van der Waals surface area contributed by atoms with Gasteiger partial charge in [-0.15, -0.1) is 0 Å². The topological polar surface area (TPSA) is 52.6 Å². The fourth-order valence-electron chi connectivity index (χ4n) is 2.55. The van der Waals surface area contributed by atoms with E-state index in [0.29, 0.717) is 26.2 Å². The molecule has 8 heteroatoms. The van der Waals surface area contributed by atoms with Crippen molar-refractivity contribution in [3.63, 3.8) is 0 Å². The highest BCUT2D eigenvalue weighted by atomic mass is 19.3. The average molecular weight is 327 g/mol. The van der Waals surface area contributed by atoms with Crippen LogP contribution in [0.15, 0.2) is 18.6 Å². The molecule has 0 bridgehead atoms. The number of carbonyl (C=O) groups is 1. The van der Waals surface area contributed by atoms with Crippen molar-refractivity contribution in [2.45, 2.75) is 26.3 Å². The van der Waals surface area contributed by atoms with Crippen LogP contribution in [-0.4, -0.2) is 77.4 Å². The fourth-order valence-corrected chi connectivity index (χ4v) is 2.55. The third kappa shape index (κ3) is 5.09. The molecule has 1 amide bonds. The first-order chi connectivity index (χ1) is 11.0. The summed E-state index contributed by atoms with van der Waals surface area (Å²) in [5.74, 6) is 0.694. The Hall–Kier alpha value is -1.83. The van der Waals surface area contributed by atoms with Gasteiger partial charge in [-0.3, -0.25) is 14.7 Å². The molecule has 1 aliphatic rings. The minimum atomic E-state index is -2.43. The van der Waals surface area contributed by atoms with Crippen molar-refractivity contribution in [1.82, 2.24) is 19.8 Å². The number of alkyl halides is 2. The summed E-state index contributed by atoms with van der Waals surface area (Å²) in [5.41, 5.74) is 0. The Morgan fingerprint density at radius 1 is 1.26 bits per heavy atom. The van der Waals surface area contributed by atoms with Crippen LogP contribution in [0.3, 0.4) is 0 Å². The fraction of sp³-hybridized carbons (Fsp3) is 0.667. The minimum absolute atomic E-state index is 0.0349. The molecule has 2 heterocycles. The van der Waals surface area contributed by atoms with Crippen molar-refractivity contribution >= 4 is 11.7 Å². The molecular formula is C15H23F2N5O. The zero-order chi connectivity index (χ0) is 16.8. The molecule has 1 saturated heterocycles. The van der Waals surface area contributed by atoms with E-state index in [2.05, 4.69) is 14.9 Å². The normalized spacial score (nSPS) is 15.8. The Balaban J connectivity index is 1.85. The number of carbonyl (C=O) groups excluding carboxylic acids is 1. The molecule has 0 aromatic carbocycles. The Morgan fingerprint density at radius 2 is 1.96 bits per heavy atom. The largest absolute Gasteiger partial charge is 0.352 e. The van der Waals surface area contributed by atoms with Crippen molar-refractivity contribution in [3.8, 4) is 0 Å². The number of aromatic nitrogens is 2. The Bertz CT molecular complexity index is 492. The van der Waals surface area contributed by atoms with Gasteiger partial charge in [-0.2, -0.15) is 0 Å². The molecule has 0 unspecified atom stereocenters. The van der Waals surface area contributed by atoms with Gasteiger partial charge in [0.15, 0.2) is 0 Å². The number of rotatable bonds is 6. The van der Waals surface area contributed by atoms with Crippen LogP contribution < -0.4 is 4.90 Å². The summed E-state index contributed by atoms with van der Waals surface area (Å²) >= 11 is 0. The number of halogens is 2. The molecule has 0 radical (unpaired) electrons.